The summed E-state index contributed by atoms with van der Waals surface area (Å²) in [6, 6.07) is -0.179. The summed E-state index contributed by atoms with van der Waals surface area (Å²) in [6.45, 7) is 8.52. The third kappa shape index (κ3) is 2.87. The molecular formula is C13H21N3O3S. The second kappa shape index (κ2) is 5.95. The summed E-state index contributed by atoms with van der Waals surface area (Å²) in [5.41, 5.74) is 1.29. The van der Waals surface area contributed by atoms with E-state index in [4.69, 9.17) is 4.52 Å². The van der Waals surface area contributed by atoms with Crippen LogP contribution in [0.4, 0.5) is 10.5 Å². The fraction of sp³-hybridized carbons (Fsp3) is 0.692. The molecule has 1 aromatic heterocycles. The van der Waals surface area contributed by atoms with Crippen LogP contribution in [0, 0.1) is 13.8 Å². The minimum Gasteiger partial charge on any atom is -0.359 e. The van der Waals surface area contributed by atoms with Crippen LogP contribution >= 0.6 is 0 Å². The number of rotatable bonds is 2. The van der Waals surface area contributed by atoms with E-state index >= 15 is 0 Å². The molecule has 0 aromatic carbocycles. The molecule has 0 saturated carbocycles. The Bertz CT molecular complexity index is 509. The van der Waals surface area contributed by atoms with Crippen molar-refractivity contribution in [1.82, 2.24) is 10.1 Å². The summed E-state index contributed by atoms with van der Waals surface area (Å²) in [5, 5.41) is 6.71. The Labute approximate surface area is 121 Å². The van der Waals surface area contributed by atoms with Crippen molar-refractivity contribution in [3.05, 3.63) is 11.5 Å². The van der Waals surface area contributed by atoms with Gasteiger partial charge in [0, 0.05) is 29.1 Å². The van der Waals surface area contributed by atoms with E-state index in [-0.39, 0.29) is 16.5 Å². The van der Waals surface area contributed by atoms with E-state index in [0.717, 1.165) is 6.42 Å². The average Bonchev–Trinajstić information content (AvgIpc) is 2.73. The number of hydrogen-bond donors (Lipinski definition) is 1. The Kier molecular flexibility index (Phi) is 4.47. The summed E-state index contributed by atoms with van der Waals surface area (Å²) in [7, 11) is -0.860. The molecule has 1 aliphatic heterocycles. The minimum absolute atomic E-state index is 0.00381. The highest BCUT2D eigenvalue weighted by atomic mass is 32.2. The molecule has 0 aliphatic carbocycles. The number of carbonyl (C=O) groups is 1. The largest absolute Gasteiger partial charge is 0.359 e. The van der Waals surface area contributed by atoms with Gasteiger partial charge in [-0.15, -0.1) is 0 Å². The van der Waals surface area contributed by atoms with Gasteiger partial charge in [-0.2, -0.15) is 0 Å². The first-order valence-corrected chi connectivity index (χ1v) is 8.09. The van der Waals surface area contributed by atoms with Gasteiger partial charge >= 0.3 is 6.03 Å². The van der Waals surface area contributed by atoms with Crippen molar-refractivity contribution in [3.8, 4) is 0 Å². The molecule has 3 atom stereocenters. The third-order valence-electron chi connectivity index (χ3n) is 3.63. The van der Waals surface area contributed by atoms with E-state index < -0.39 is 10.8 Å². The molecule has 1 aromatic rings. The van der Waals surface area contributed by atoms with Crippen LogP contribution in [0.2, 0.25) is 0 Å². The highest BCUT2D eigenvalue weighted by Gasteiger charge is 2.33. The normalized spacial score (nSPS) is 26.6. The molecule has 1 N–H and O–H groups in total. The number of aryl methyl sites for hydroxylation is 2. The van der Waals surface area contributed by atoms with Crippen LogP contribution in [0.5, 0.6) is 0 Å². The summed E-state index contributed by atoms with van der Waals surface area (Å²) in [6.07, 6.45) is 0.812. The van der Waals surface area contributed by atoms with Crippen molar-refractivity contribution in [1.29, 1.82) is 0 Å². The summed E-state index contributed by atoms with van der Waals surface area (Å²) in [4.78, 5) is 14.1. The smallest absolute Gasteiger partial charge is 0.322 e. The van der Waals surface area contributed by atoms with Gasteiger partial charge in [0.25, 0.3) is 0 Å². The molecule has 2 amide bonds. The number of anilines is 1. The van der Waals surface area contributed by atoms with Gasteiger partial charge in [-0.25, -0.2) is 4.79 Å². The van der Waals surface area contributed by atoms with Crippen molar-refractivity contribution in [2.24, 2.45) is 0 Å². The lowest BCUT2D eigenvalue weighted by Crippen LogP contribution is -2.51. The van der Waals surface area contributed by atoms with Crippen LogP contribution in [0.25, 0.3) is 0 Å². The van der Waals surface area contributed by atoms with E-state index in [0.29, 0.717) is 30.2 Å². The van der Waals surface area contributed by atoms with E-state index in [1.165, 1.54) is 0 Å². The lowest BCUT2D eigenvalue weighted by molar-refractivity contribution is 0.209. The standard InChI is InChI=1S/C13H21N3O3S/c1-5-11-7-16(6-8(2)20(11)18)13(17)14-12-9(3)15-19-10(12)4/h8,11H,5-7H2,1-4H3,(H,14,17). The molecule has 7 heteroatoms. The Balaban J connectivity index is 2.08. The number of nitrogens with one attached hydrogen (secondary N) is 1. The van der Waals surface area contributed by atoms with Crippen molar-refractivity contribution >= 4 is 22.5 Å². The maximum absolute atomic E-state index is 12.3. The Morgan fingerprint density at radius 3 is 2.75 bits per heavy atom. The molecule has 1 fully saturated rings. The highest BCUT2D eigenvalue weighted by Crippen LogP contribution is 2.22. The molecule has 0 radical (unpaired) electrons. The maximum atomic E-state index is 12.3. The fourth-order valence-corrected chi connectivity index (χ4v) is 4.05. The van der Waals surface area contributed by atoms with Crippen LogP contribution in [0.1, 0.15) is 31.7 Å². The molecule has 3 unspecified atom stereocenters. The van der Waals surface area contributed by atoms with Gasteiger partial charge in [0.05, 0.1) is 5.25 Å². The molecule has 6 nitrogen and oxygen atoms in total. The Hall–Kier alpha value is -1.37. The summed E-state index contributed by atoms with van der Waals surface area (Å²) >= 11 is 0. The molecule has 0 spiro atoms. The predicted molar refractivity (Wildman–Crippen MR) is 78.3 cm³/mol. The van der Waals surface area contributed by atoms with Gasteiger partial charge in [-0.1, -0.05) is 12.1 Å². The number of urea groups is 1. The van der Waals surface area contributed by atoms with Crippen LogP contribution in [-0.4, -0.2) is 43.9 Å². The van der Waals surface area contributed by atoms with Gasteiger partial charge in [-0.05, 0) is 27.2 Å². The van der Waals surface area contributed by atoms with Gasteiger partial charge in [-0.3, -0.25) is 4.21 Å². The molecule has 112 valence electrons. The predicted octanol–water partition coefficient (Wildman–Crippen LogP) is 2.05. The summed E-state index contributed by atoms with van der Waals surface area (Å²) < 4.78 is 17.1. The average molecular weight is 299 g/mol. The molecule has 20 heavy (non-hydrogen) atoms. The maximum Gasteiger partial charge on any atom is 0.322 e. The first-order valence-electron chi connectivity index (χ1n) is 6.82. The topological polar surface area (TPSA) is 75.4 Å². The SMILES string of the molecule is CCC1CN(C(=O)Nc2c(C)noc2C)CC(C)S1=O. The molecule has 1 saturated heterocycles. The van der Waals surface area contributed by atoms with Crippen molar-refractivity contribution in [2.75, 3.05) is 18.4 Å². The van der Waals surface area contributed by atoms with E-state index in [1.807, 2.05) is 13.8 Å². The molecule has 0 bridgehead atoms. The number of aromatic nitrogens is 1. The zero-order valence-electron chi connectivity index (χ0n) is 12.3. The molecule has 1 aliphatic rings. The van der Waals surface area contributed by atoms with E-state index in [2.05, 4.69) is 10.5 Å². The van der Waals surface area contributed by atoms with Gasteiger partial charge in [0.2, 0.25) is 0 Å². The Morgan fingerprint density at radius 1 is 1.50 bits per heavy atom. The lowest BCUT2D eigenvalue weighted by atomic mass is 10.2. The lowest BCUT2D eigenvalue weighted by Gasteiger charge is -2.35. The first-order chi connectivity index (χ1) is 9.43. The number of amides is 2. The zero-order chi connectivity index (χ0) is 14.9. The second-order valence-electron chi connectivity index (χ2n) is 5.20. The van der Waals surface area contributed by atoms with Crippen LogP contribution < -0.4 is 5.32 Å². The first kappa shape index (κ1) is 15.0. The summed E-state index contributed by atoms with van der Waals surface area (Å²) in [5.74, 6) is 0.594. The molecule has 2 heterocycles. The number of hydrogen-bond acceptors (Lipinski definition) is 4. The van der Waals surface area contributed by atoms with Crippen LogP contribution in [-0.2, 0) is 10.8 Å². The molecule has 2 rings (SSSR count). The number of nitrogens with zero attached hydrogens (tertiary/aromatic N) is 2. The van der Waals surface area contributed by atoms with Crippen molar-refractivity contribution in [3.63, 3.8) is 0 Å². The van der Waals surface area contributed by atoms with Crippen molar-refractivity contribution in [2.45, 2.75) is 44.6 Å². The van der Waals surface area contributed by atoms with E-state index in [1.54, 1.807) is 18.7 Å². The third-order valence-corrected chi connectivity index (χ3v) is 5.72. The fourth-order valence-electron chi connectivity index (χ4n) is 2.41. The second-order valence-corrected chi connectivity index (χ2v) is 7.33. The Morgan fingerprint density at radius 2 is 2.20 bits per heavy atom. The van der Waals surface area contributed by atoms with Crippen molar-refractivity contribution < 1.29 is 13.5 Å². The van der Waals surface area contributed by atoms with E-state index in [9.17, 15) is 9.00 Å². The minimum atomic E-state index is -0.860. The zero-order valence-corrected chi connectivity index (χ0v) is 13.1. The monoisotopic (exact) mass is 299 g/mol. The van der Waals surface area contributed by atoms with Crippen LogP contribution in [0.15, 0.2) is 4.52 Å². The van der Waals surface area contributed by atoms with Crippen LogP contribution in [0.3, 0.4) is 0 Å². The van der Waals surface area contributed by atoms with Gasteiger partial charge in [0.15, 0.2) is 5.76 Å². The molecular weight excluding hydrogens is 278 g/mol. The highest BCUT2D eigenvalue weighted by molar-refractivity contribution is 7.86. The quantitative estimate of drug-likeness (QED) is 0.907. The van der Waals surface area contributed by atoms with Gasteiger partial charge < -0.3 is 14.7 Å². The van der Waals surface area contributed by atoms with Gasteiger partial charge in [0.1, 0.15) is 11.4 Å². The number of carbonyl (C=O) groups excluding carboxylic acids is 1.